The van der Waals surface area contributed by atoms with Gasteiger partial charge in [-0.3, -0.25) is 0 Å². The molecule has 2 aromatic rings. The van der Waals surface area contributed by atoms with E-state index in [1.165, 1.54) is 17.4 Å². The van der Waals surface area contributed by atoms with Gasteiger partial charge in [-0.15, -0.1) is 11.3 Å². The van der Waals surface area contributed by atoms with Crippen LogP contribution < -0.4 is 5.73 Å². The fourth-order valence-corrected chi connectivity index (χ4v) is 2.15. The van der Waals surface area contributed by atoms with E-state index in [2.05, 4.69) is 0 Å². The Kier molecular flexibility index (Phi) is 2.43. The van der Waals surface area contributed by atoms with Crippen molar-refractivity contribution in [3.63, 3.8) is 0 Å². The summed E-state index contributed by atoms with van der Waals surface area (Å²) in [5.74, 6) is -0.953. The largest absolute Gasteiger partial charge is 0.478 e. The molecule has 0 aliphatic carbocycles. The van der Waals surface area contributed by atoms with Gasteiger partial charge in [0.05, 0.1) is 5.56 Å². The van der Waals surface area contributed by atoms with Gasteiger partial charge in [0.2, 0.25) is 0 Å². The zero-order chi connectivity index (χ0) is 10.8. The van der Waals surface area contributed by atoms with Gasteiger partial charge in [-0.2, -0.15) is 0 Å². The van der Waals surface area contributed by atoms with Crippen molar-refractivity contribution >= 4 is 23.0 Å². The quantitative estimate of drug-likeness (QED) is 0.763. The molecule has 3 N–H and O–H groups in total. The standard InChI is InChI=1S/C11H9NO2S/c12-7-3-4-8(9(6-7)11(13)14)10-2-1-5-15-10/h1-6H,12H2,(H,13,14). The second kappa shape index (κ2) is 3.74. The first-order valence-corrected chi connectivity index (χ1v) is 5.23. The topological polar surface area (TPSA) is 63.3 Å². The van der Waals surface area contributed by atoms with E-state index in [1.807, 2.05) is 17.5 Å². The minimum absolute atomic E-state index is 0.248. The van der Waals surface area contributed by atoms with Gasteiger partial charge in [0.15, 0.2) is 0 Å². The maximum atomic E-state index is 11.0. The van der Waals surface area contributed by atoms with Crippen molar-refractivity contribution in [1.29, 1.82) is 0 Å². The first-order chi connectivity index (χ1) is 7.18. The molecule has 1 aromatic carbocycles. The molecule has 0 atom stereocenters. The number of benzene rings is 1. The van der Waals surface area contributed by atoms with Gasteiger partial charge in [-0.05, 0) is 23.6 Å². The third-order valence-corrected chi connectivity index (χ3v) is 2.96. The van der Waals surface area contributed by atoms with E-state index in [1.54, 1.807) is 12.1 Å². The Bertz CT molecular complexity index is 491. The molecular weight excluding hydrogens is 210 g/mol. The molecule has 1 aromatic heterocycles. The van der Waals surface area contributed by atoms with Crippen LogP contribution in [0, 0.1) is 0 Å². The highest BCUT2D eigenvalue weighted by Gasteiger charge is 2.12. The Hall–Kier alpha value is -1.81. The van der Waals surface area contributed by atoms with Crippen molar-refractivity contribution in [1.82, 2.24) is 0 Å². The first-order valence-electron chi connectivity index (χ1n) is 4.35. The highest BCUT2D eigenvalue weighted by molar-refractivity contribution is 7.13. The lowest BCUT2D eigenvalue weighted by molar-refractivity contribution is 0.0698. The van der Waals surface area contributed by atoms with E-state index in [0.717, 1.165) is 4.88 Å². The zero-order valence-electron chi connectivity index (χ0n) is 7.81. The maximum Gasteiger partial charge on any atom is 0.336 e. The lowest BCUT2D eigenvalue weighted by Crippen LogP contribution is -2.00. The Morgan fingerprint density at radius 1 is 1.33 bits per heavy atom. The summed E-state index contributed by atoms with van der Waals surface area (Å²) in [7, 11) is 0. The average Bonchev–Trinajstić information content (AvgIpc) is 2.70. The molecule has 0 fully saturated rings. The maximum absolute atomic E-state index is 11.0. The summed E-state index contributed by atoms with van der Waals surface area (Å²) in [5.41, 5.74) is 6.99. The van der Waals surface area contributed by atoms with Crippen LogP contribution in [0.1, 0.15) is 10.4 Å². The lowest BCUT2D eigenvalue weighted by Gasteiger charge is -2.04. The van der Waals surface area contributed by atoms with E-state index >= 15 is 0 Å². The Morgan fingerprint density at radius 2 is 2.13 bits per heavy atom. The molecule has 0 saturated heterocycles. The molecule has 0 spiro atoms. The van der Waals surface area contributed by atoms with Crippen LogP contribution in [-0.2, 0) is 0 Å². The number of thiophene rings is 1. The number of carbonyl (C=O) groups is 1. The van der Waals surface area contributed by atoms with E-state index in [4.69, 9.17) is 10.8 Å². The average molecular weight is 219 g/mol. The number of carboxylic acid groups (broad SMARTS) is 1. The van der Waals surface area contributed by atoms with E-state index in [-0.39, 0.29) is 5.56 Å². The number of aromatic carboxylic acids is 1. The van der Waals surface area contributed by atoms with Gasteiger partial charge in [0.25, 0.3) is 0 Å². The molecule has 0 amide bonds. The smallest absolute Gasteiger partial charge is 0.336 e. The van der Waals surface area contributed by atoms with Gasteiger partial charge in [0, 0.05) is 16.1 Å². The summed E-state index contributed by atoms with van der Waals surface area (Å²) in [4.78, 5) is 12.0. The SMILES string of the molecule is Nc1ccc(-c2cccs2)c(C(=O)O)c1. The molecule has 0 bridgehead atoms. The Balaban J connectivity index is 2.61. The van der Waals surface area contributed by atoms with Crippen molar-refractivity contribution < 1.29 is 9.90 Å². The van der Waals surface area contributed by atoms with E-state index < -0.39 is 5.97 Å². The van der Waals surface area contributed by atoms with E-state index in [9.17, 15) is 4.79 Å². The first kappa shape index (κ1) is 9.73. The van der Waals surface area contributed by atoms with Crippen molar-refractivity contribution in [3.05, 3.63) is 41.3 Å². The van der Waals surface area contributed by atoms with Gasteiger partial charge >= 0.3 is 5.97 Å². The van der Waals surface area contributed by atoms with Crippen molar-refractivity contribution in [2.45, 2.75) is 0 Å². The van der Waals surface area contributed by atoms with Crippen molar-refractivity contribution in [2.24, 2.45) is 0 Å². The fourth-order valence-electron chi connectivity index (χ4n) is 1.39. The summed E-state index contributed by atoms with van der Waals surface area (Å²) in [6.07, 6.45) is 0. The molecule has 4 heteroatoms. The zero-order valence-corrected chi connectivity index (χ0v) is 8.62. The molecular formula is C11H9NO2S. The van der Waals surface area contributed by atoms with Crippen LogP contribution >= 0.6 is 11.3 Å². The highest BCUT2D eigenvalue weighted by Crippen LogP contribution is 2.29. The Labute approximate surface area is 90.8 Å². The normalized spacial score (nSPS) is 10.1. The third-order valence-electron chi connectivity index (χ3n) is 2.06. The third kappa shape index (κ3) is 1.85. The van der Waals surface area contributed by atoms with Gasteiger partial charge in [-0.1, -0.05) is 12.1 Å². The van der Waals surface area contributed by atoms with Crippen molar-refractivity contribution in [3.8, 4) is 10.4 Å². The molecule has 1 heterocycles. The molecule has 76 valence electrons. The van der Waals surface area contributed by atoms with Crippen LogP contribution in [0.2, 0.25) is 0 Å². The van der Waals surface area contributed by atoms with E-state index in [0.29, 0.717) is 11.3 Å². The summed E-state index contributed by atoms with van der Waals surface area (Å²) in [6.45, 7) is 0. The molecule has 0 radical (unpaired) electrons. The van der Waals surface area contributed by atoms with Crippen LogP contribution in [0.3, 0.4) is 0 Å². The summed E-state index contributed by atoms with van der Waals surface area (Å²) < 4.78 is 0. The summed E-state index contributed by atoms with van der Waals surface area (Å²) >= 11 is 1.51. The summed E-state index contributed by atoms with van der Waals surface area (Å²) in [6, 6.07) is 8.72. The lowest BCUT2D eigenvalue weighted by atomic mass is 10.1. The molecule has 0 saturated carbocycles. The second-order valence-electron chi connectivity index (χ2n) is 3.09. The number of nitrogens with two attached hydrogens (primary N) is 1. The predicted octanol–water partition coefficient (Wildman–Crippen LogP) is 2.70. The molecule has 2 rings (SSSR count). The molecule has 0 unspecified atom stereocenters. The van der Waals surface area contributed by atoms with Crippen LogP contribution in [0.15, 0.2) is 35.7 Å². The predicted molar refractivity (Wildman–Crippen MR) is 61.1 cm³/mol. The number of anilines is 1. The van der Waals surface area contributed by atoms with Crippen molar-refractivity contribution in [2.75, 3.05) is 5.73 Å². The molecule has 15 heavy (non-hydrogen) atoms. The summed E-state index contributed by atoms with van der Waals surface area (Å²) in [5, 5.41) is 11.0. The van der Waals surface area contributed by atoms with Crippen LogP contribution in [-0.4, -0.2) is 11.1 Å². The highest BCUT2D eigenvalue weighted by atomic mass is 32.1. The number of nitrogen functional groups attached to an aromatic ring is 1. The van der Waals surface area contributed by atoms with Gasteiger partial charge in [-0.25, -0.2) is 4.79 Å². The monoisotopic (exact) mass is 219 g/mol. The fraction of sp³-hybridized carbons (Fsp3) is 0. The number of rotatable bonds is 2. The number of carboxylic acids is 1. The minimum Gasteiger partial charge on any atom is -0.478 e. The number of hydrogen-bond acceptors (Lipinski definition) is 3. The Morgan fingerprint density at radius 3 is 2.73 bits per heavy atom. The number of hydrogen-bond donors (Lipinski definition) is 2. The second-order valence-corrected chi connectivity index (χ2v) is 4.04. The molecule has 0 aliphatic heterocycles. The molecule has 3 nitrogen and oxygen atoms in total. The van der Waals surface area contributed by atoms with Crippen LogP contribution in [0.25, 0.3) is 10.4 Å². The van der Waals surface area contributed by atoms with Crippen LogP contribution in [0.5, 0.6) is 0 Å². The van der Waals surface area contributed by atoms with Crippen LogP contribution in [0.4, 0.5) is 5.69 Å². The van der Waals surface area contributed by atoms with Gasteiger partial charge in [0.1, 0.15) is 0 Å². The molecule has 0 aliphatic rings. The minimum atomic E-state index is -0.953. The van der Waals surface area contributed by atoms with Gasteiger partial charge < -0.3 is 10.8 Å².